The number of hydrogen-bond acceptors (Lipinski definition) is 5. The molecule has 0 unspecified atom stereocenters. The zero-order chi connectivity index (χ0) is 18.3. The highest BCUT2D eigenvalue weighted by Gasteiger charge is 2.26. The standard InChI is InChI=1S/C16H23N3O5S/c20-15(5-6-16(21)22)18(13-14-4-3-7-17-12-14)10-11-25(23,24)19-8-1-2-9-19/h3-4,7,12H,1-2,5-6,8-11,13H2,(H,21,22). The zero-order valence-corrected chi connectivity index (χ0v) is 14.8. The third-order valence-corrected chi connectivity index (χ3v) is 5.93. The lowest BCUT2D eigenvalue weighted by molar-refractivity contribution is -0.141. The van der Waals surface area contributed by atoms with Gasteiger partial charge in [0.1, 0.15) is 0 Å². The Morgan fingerprint density at radius 2 is 1.96 bits per heavy atom. The van der Waals surface area contributed by atoms with E-state index in [0.29, 0.717) is 13.1 Å². The van der Waals surface area contributed by atoms with Crippen LogP contribution in [0.3, 0.4) is 0 Å². The second-order valence-corrected chi connectivity index (χ2v) is 8.08. The van der Waals surface area contributed by atoms with Crippen molar-refractivity contribution in [2.75, 3.05) is 25.4 Å². The number of aliphatic carboxylic acids is 1. The number of hydrogen-bond donors (Lipinski definition) is 1. The molecule has 0 aromatic carbocycles. The highest BCUT2D eigenvalue weighted by atomic mass is 32.2. The van der Waals surface area contributed by atoms with Gasteiger partial charge in [-0.05, 0) is 24.5 Å². The van der Waals surface area contributed by atoms with Crippen LogP contribution in [0.2, 0.25) is 0 Å². The van der Waals surface area contributed by atoms with Crippen LogP contribution >= 0.6 is 0 Å². The van der Waals surface area contributed by atoms with Crippen LogP contribution in [-0.2, 0) is 26.2 Å². The van der Waals surface area contributed by atoms with Gasteiger partial charge in [-0.2, -0.15) is 0 Å². The van der Waals surface area contributed by atoms with Gasteiger partial charge in [0.25, 0.3) is 0 Å². The van der Waals surface area contributed by atoms with Crippen LogP contribution in [-0.4, -0.2) is 65.0 Å². The molecule has 25 heavy (non-hydrogen) atoms. The maximum Gasteiger partial charge on any atom is 0.303 e. The van der Waals surface area contributed by atoms with E-state index in [4.69, 9.17) is 5.11 Å². The molecular formula is C16H23N3O5S. The number of amides is 1. The maximum atomic E-state index is 12.4. The Labute approximate surface area is 147 Å². The minimum absolute atomic E-state index is 0.0339. The summed E-state index contributed by atoms with van der Waals surface area (Å²) in [6.07, 6.45) is 4.50. The Morgan fingerprint density at radius 3 is 2.56 bits per heavy atom. The number of sulfonamides is 1. The summed E-state index contributed by atoms with van der Waals surface area (Å²) in [5, 5.41) is 8.75. The van der Waals surface area contributed by atoms with Crippen molar-refractivity contribution in [3.8, 4) is 0 Å². The molecule has 0 atom stereocenters. The quantitative estimate of drug-likeness (QED) is 0.686. The van der Waals surface area contributed by atoms with Crippen LogP contribution in [0.15, 0.2) is 24.5 Å². The largest absolute Gasteiger partial charge is 0.481 e. The summed E-state index contributed by atoms with van der Waals surface area (Å²) in [4.78, 5) is 28.4. The third-order valence-electron chi connectivity index (χ3n) is 4.08. The van der Waals surface area contributed by atoms with Crippen LogP contribution in [0.25, 0.3) is 0 Å². The molecular weight excluding hydrogens is 346 g/mol. The molecule has 9 heteroatoms. The first-order valence-corrected chi connectivity index (χ1v) is 9.86. The molecule has 1 aliphatic heterocycles. The molecule has 1 aromatic rings. The molecule has 1 aromatic heterocycles. The molecule has 0 saturated carbocycles. The summed E-state index contributed by atoms with van der Waals surface area (Å²) < 4.78 is 26.2. The topological polar surface area (TPSA) is 108 Å². The molecule has 2 heterocycles. The minimum atomic E-state index is -3.40. The van der Waals surface area contributed by atoms with Crippen molar-refractivity contribution >= 4 is 21.9 Å². The van der Waals surface area contributed by atoms with Crippen molar-refractivity contribution in [2.45, 2.75) is 32.2 Å². The fourth-order valence-corrected chi connectivity index (χ4v) is 4.22. The summed E-state index contributed by atoms with van der Waals surface area (Å²) in [6, 6.07) is 3.52. The number of carbonyl (C=O) groups is 2. The van der Waals surface area contributed by atoms with Gasteiger partial charge in [-0.25, -0.2) is 12.7 Å². The molecule has 0 spiro atoms. The summed E-state index contributed by atoms with van der Waals surface area (Å²) in [7, 11) is -3.40. The van der Waals surface area contributed by atoms with Gasteiger partial charge in [-0.3, -0.25) is 14.6 Å². The lowest BCUT2D eigenvalue weighted by Gasteiger charge is -2.24. The summed E-state index contributed by atoms with van der Waals surface area (Å²) in [5.41, 5.74) is 0.768. The first-order valence-electron chi connectivity index (χ1n) is 8.25. The fourth-order valence-electron chi connectivity index (χ4n) is 2.70. The SMILES string of the molecule is O=C(O)CCC(=O)N(CCS(=O)(=O)N1CCCC1)Cc1cccnc1. The number of carbonyl (C=O) groups excluding carboxylic acids is 1. The van der Waals surface area contributed by atoms with E-state index in [9.17, 15) is 18.0 Å². The molecule has 8 nitrogen and oxygen atoms in total. The van der Waals surface area contributed by atoms with Crippen molar-refractivity contribution in [3.05, 3.63) is 30.1 Å². The highest BCUT2D eigenvalue weighted by Crippen LogP contribution is 2.14. The molecule has 1 aliphatic rings. The predicted molar refractivity (Wildman–Crippen MR) is 91.1 cm³/mol. The van der Waals surface area contributed by atoms with Gasteiger partial charge in [0, 0.05) is 45.0 Å². The highest BCUT2D eigenvalue weighted by molar-refractivity contribution is 7.89. The molecule has 2 rings (SSSR count). The predicted octanol–water partition coefficient (Wildman–Crippen LogP) is 0.701. The molecule has 1 amide bonds. The van der Waals surface area contributed by atoms with Gasteiger partial charge < -0.3 is 10.0 Å². The Bertz CT molecular complexity index is 687. The van der Waals surface area contributed by atoms with Gasteiger partial charge in [-0.15, -0.1) is 0 Å². The number of nitrogens with zero attached hydrogens (tertiary/aromatic N) is 3. The van der Waals surface area contributed by atoms with E-state index in [-0.39, 0.29) is 37.6 Å². The van der Waals surface area contributed by atoms with Crippen LogP contribution < -0.4 is 0 Å². The number of carboxylic acid groups (broad SMARTS) is 1. The molecule has 1 N–H and O–H groups in total. The van der Waals surface area contributed by atoms with Gasteiger partial charge >= 0.3 is 5.97 Å². The Balaban J connectivity index is 2.02. The average Bonchev–Trinajstić information content (AvgIpc) is 3.13. The van der Waals surface area contributed by atoms with Crippen molar-refractivity contribution < 1.29 is 23.1 Å². The smallest absolute Gasteiger partial charge is 0.303 e. The van der Waals surface area contributed by atoms with E-state index in [2.05, 4.69) is 4.98 Å². The Hall–Kier alpha value is -2.00. The lowest BCUT2D eigenvalue weighted by atomic mass is 10.2. The molecule has 0 bridgehead atoms. The number of carboxylic acids is 1. The minimum Gasteiger partial charge on any atom is -0.481 e. The second kappa shape index (κ2) is 8.91. The fraction of sp³-hybridized carbons (Fsp3) is 0.562. The molecule has 0 aliphatic carbocycles. The normalized spacial score (nSPS) is 15.2. The van der Waals surface area contributed by atoms with Crippen molar-refractivity contribution in [3.63, 3.8) is 0 Å². The maximum absolute atomic E-state index is 12.4. The first kappa shape index (κ1) is 19.3. The molecule has 138 valence electrons. The van der Waals surface area contributed by atoms with E-state index in [1.54, 1.807) is 24.5 Å². The van der Waals surface area contributed by atoms with Gasteiger partial charge in [0.15, 0.2) is 0 Å². The monoisotopic (exact) mass is 369 g/mol. The van der Waals surface area contributed by atoms with Gasteiger partial charge in [-0.1, -0.05) is 6.07 Å². The second-order valence-electron chi connectivity index (χ2n) is 5.99. The molecule has 1 fully saturated rings. The van der Waals surface area contributed by atoms with E-state index in [0.717, 1.165) is 18.4 Å². The summed E-state index contributed by atoms with van der Waals surface area (Å²) in [5.74, 6) is -1.59. The van der Waals surface area contributed by atoms with E-state index < -0.39 is 16.0 Å². The van der Waals surface area contributed by atoms with E-state index in [1.807, 2.05) is 0 Å². The average molecular weight is 369 g/mol. The number of rotatable bonds is 9. The van der Waals surface area contributed by atoms with Gasteiger partial charge in [0.05, 0.1) is 12.2 Å². The first-order chi connectivity index (χ1) is 11.9. The zero-order valence-electron chi connectivity index (χ0n) is 14.0. The van der Waals surface area contributed by atoms with Crippen molar-refractivity contribution in [1.82, 2.24) is 14.2 Å². The summed E-state index contributed by atoms with van der Waals surface area (Å²) >= 11 is 0. The third kappa shape index (κ3) is 6.09. The van der Waals surface area contributed by atoms with E-state index >= 15 is 0 Å². The van der Waals surface area contributed by atoms with Crippen LogP contribution in [0.5, 0.6) is 0 Å². The Kier molecular flexibility index (Phi) is 6.89. The summed E-state index contributed by atoms with van der Waals surface area (Å²) in [6.45, 7) is 1.30. The van der Waals surface area contributed by atoms with Crippen molar-refractivity contribution in [1.29, 1.82) is 0 Å². The van der Waals surface area contributed by atoms with Gasteiger partial charge in [0.2, 0.25) is 15.9 Å². The number of aromatic nitrogens is 1. The molecule has 0 radical (unpaired) electrons. The van der Waals surface area contributed by atoms with Crippen LogP contribution in [0.1, 0.15) is 31.2 Å². The van der Waals surface area contributed by atoms with Crippen molar-refractivity contribution in [2.24, 2.45) is 0 Å². The Morgan fingerprint density at radius 1 is 1.24 bits per heavy atom. The number of pyridine rings is 1. The molecule has 1 saturated heterocycles. The van der Waals surface area contributed by atoms with E-state index in [1.165, 1.54) is 9.21 Å². The van der Waals surface area contributed by atoms with Crippen LogP contribution in [0.4, 0.5) is 0 Å². The van der Waals surface area contributed by atoms with Crippen LogP contribution in [0, 0.1) is 0 Å². The lowest BCUT2D eigenvalue weighted by Crippen LogP contribution is -2.39.